The van der Waals surface area contributed by atoms with Gasteiger partial charge >= 0.3 is 5.78 Å². The van der Waals surface area contributed by atoms with E-state index in [1.165, 1.54) is 52.3 Å². The number of rotatable bonds is 4. The van der Waals surface area contributed by atoms with Crippen LogP contribution in [0.3, 0.4) is 0 Å². The Hall–Kier alpha value is -6.23. The Bertz CT molecular complexity index is 4090. The van der Waals surface area contributed by atoms with Gasteiger partial charge in [0.2, 0.25) is 35.1 Å². The number of hydrogen-bond acceptors (Lipinski definition) is 21. The molecule has 0 spiro atoms. The zero-order chi connectivity index (χ0) is 81.3. The molecule has 0 aliphatic carbocycles. The summed E-state index contributed by atoms with van der Waals surface area (Å²) in [5.74, 6) is 9.98. The van der Waals surface area contributed by atoms with Gasteiger partial charge in [0.15, 0.2) is 11.2 Å². The van der Waals surface area contributed by atoms with Crippen LogP contribution in [0.15, 0.2) is 77.8 Å². The first-order chi connectivity index (χ1) is 49.0. The first-order valence-electron chi connectivity index (χ1n) is 37.9. The minimum atomic E-state index is -0.120. The summed E-state index contributed by atoms with van der Waals surface area (Å²) >= 11 is 11.4. The Morgan fingerprint density at radius 3 is 0.861 bits per heavy atom. The predicted octanol–water partition coefficient (Wildman–Crippen LogP) is 30.2. The second-order valence-electron chi connectivity index (χ2n) is 39.9. The lowest BCUT2D eigenvalue weighted by atomic mass is 9.92. The molecule has 108 heavy (non-hydrogen) atoms. The first-order valence-corrected chi connectivity index (χ1v) is 42.8. The third-order valence-corrected chi connectivity index (χ3v) is 25.6. The maximum absolute atomic E-state index is 5.74. The van der Waals surface area contributed by atoms with E-state index in [4.69, 9.17) is 35.3 Å². The Morgan fingerprint density at radius 2 is 0.574 bits per heavy atom. The Labute approximate surface area is 666 Å². The maximum Gasteiger partial charge on any atom is 0.339 e. The van der Waals surface area contributed by atoms with Crippen molar-refractivity contribution in [1.82, 2.24) is 34.9 Å². The van der Waals surface area contributed by atoms with Gasteiger partial charge in [0.25, 0.3) is 22.9 Å². The van der Waals surface area contributed by atoms with Gasteiger partial charge in [0.05, 0.1) is 9.40 Å². The highest BCUT2D eigenvalue weighted by Crippen LogP contribution is 2.43. The van der Waals surface area contributed by atoms with E-state index in [1.807, 2.05) is 134 Å². The molecule has 14 aromatic heterocycles. The topological polar surface area (TPSA) is 195 Å². The van der Waals surface area contributed by atoms with Crippen molar-refractivity contribution in [2.75, 3.05) is 0 Å². The van der Waals surface area contributed by atoms with Crippen molar-refractivity contribution in [3.8, 4) is 0 Å². The van der Waals surface area contributed by atoms with Crippen LogP contribution in [-0.2, 0) is 54.1 Å². The van der Waals surface area contributed by atoms with Gasteiger partial charge in [-0.05, 0) is 60.1 Å². The molecule has 592 valence electrons. The fraction of sp³-hybridized carbons (Fsp3) is 0.598. The molecule has 0 fully saturated rings. The number of furan rings is 3. The minimum absolute atomic E-state index is 0.00881. The summed E-state index contributed by atoms with van der Waals surface area (Å²) in [7, 11) is 0. The number of thiophene rings is 4. The summed E-state index contributed by atoms with van der Waals surface area (Å²) in [4.78, 5) is 37.1. The highest BCUT2D eigenvalue weighted by atomic mass is 32.2. The van der Waals surface area contributed by atoms with Crippen molar-refractivity contribution in [3.63, 3.8) is 0 Å². The molecular formula is C87H125N7O8S6. The van der Waals surface area contributed by atoms with Gasteiger partial charge in [-0.15, -0.1) is 68.0 Å². The normalized spacial score (nSPS) is 13.2. The van der Waals surface area contributed by atoms with Crippen molar-refractivity contribution >= 4 is 142 Å². The molecule has 0 radical (unpaired) electrons. The molecule has 0 bridgehead atoms. The minimum Gasteiger partial charge on any atom is -0.440 e. The Kier molecular flexibility index (Phi) is 25.7. The zero-order valence-corrected chi connectivity index (χ0v) is 77.1. The standard InChI is InChI=1S/C14H20O2.C13H19NO2.2C12H18N2O2.C12H18N2S2.2C12H16S2/c1-13(2,3)10-7-9-8-11(14(4,5)6)16-12(9)15-10;1-12(2,3)9-7-8-10(16-9)14-11(15-8)13(4,5)6;1-11(2,3)9-13-7-8(15-9)14-10(16-7)12(4,5)6;2*1-11(2,3)9-13-7-8(15-9)16-10(14-7)12(4,5)6;1-7(2)9-5-11-12(13-9)6-10(14-11)8(3)4;1-7(2)10-5-9-6-11(8(3)4)14-12(9)13-10/h7-8H,1-6H3;7H,1-6H3;3*1-6H3;2*5-8H,1-4H3. The summed E-state index contributed by atoms with van der Waals surface area (Å²) < 4.78 is 50.9. The lowest BCUT2D eigenvalue weighted by molar-refractivity contribution is 0.340. The summed E-state index contributed by atoms with van der Waals surface area (Å²) in [6.45, 7) is 81.1. The third-order valence-electron chi connectivity index (χ3n) is 16.7. The molecule has 14 heterocycles. The molecule has 15 nitrogen and oxygen atoms in total. The van der Waals surface area contributed by atoms with E-state index in [2.05, 4.69) is 251 Å². The van der Waals surface area contributed by atoms with E-state index in [1.54, 1.807) is 22.7 Å². The smallest absolute Gasteiger partial charge is 0.339 e. The van der Waals surface area contributed by atoms with E-state index in [9.17, 15) is 0 Å². The molecule has 0 amide bonds. The zero-order valence-electron chi connectivity index (χ0n) is 72.2. The number of fused-ring (bicyclic) bond motifs is 7. The van der Waals surface area contributed by atoms with Crippen LogP contribution in [0.4, 0.5) is 0 Å². The number of nitrogens with zero attached hydrogens (tertiary/aromatic N) is 7. The molecule has 0 saturated heterocycles. The van der Waals surface area contributed by atoms with Gasteiger partial charge in [0, 0.05) is 94.5 Å². The summed E-state index contributed by atoms with van der Waals surface area (Å²) in [6.07, 6.45) is 0. The summed E-state index contributed by atoms with van der Waals surface area (Å²) in [6, 6.07) is 15.5. The van der Waals surface area contributed by atoms with Gasteiger partial charge < -0.3 is 35.3 Å². The van der Waals surface area contributed by atoms with Crippen LogP contribution in [0.5, 0.6) is 0 Å². The lowest BCUT2D eigenvalue weighted by Gasteiger charge is -2.15. The quantitative estimate of drug-likeness (QED) is 0.161. The van der Waals surface area contributed by atoms with Crippen molar-refractivity contribution < 1.29 is 35.3 Å². The molecule has 0 aromatic carbocycles. The SMILES string of the molecule is CC(C)(C)c1cc2cc(C(C)(C)C)oc2o1.CC(C)(C)c1cc2oc(C(C)(C)C)nc2o1.CC(C)(C)c1nc2nc(C(C)(C)C)oc2o1.CC(C)(C)c1nc2nc(C(C)(C)C)sc2s1.CC(C)(C)c1nc2oc(C(C)(C)C)nc2o1.CC(C)c1cc2cc(C(C)C)sc2s1.CC(C)c1cc2sc(C(C)C)cc2s1. The van der Waals surface area contributed by atoms with Crippen LogP contribution >= 0.6 is 68.0 Å². The lowest BCUT2D eigenvalue weighted by Crippen LogP contribution is -2.12. The largest absolute Gasteiger partial charge is 0.440 e. The predicted molar refractivity (Wildman–Crippen MR) is 461 cm³/mol. The fourth-order valence-electron chi connectivity index (χ4n) is 9.74. The van der Waals surface area contributed by atoms with Gasteiger partial charge in [-0.2, -0.15) is 24.9 Å². The van der Waals surface area contributed by atoms with Crippen molar-refractivity contribution in [1.29, 1.82) is 0 Å². The molecule has 0 unspecified atom stereocenters. The highest BCUT2D eigenvalue weighted by molar-refractivity contribution is 7.38. The van der Waals surface area contributed by atoms with Crippen molar-refractivity contribution in [2.24, 2.45) is 0 Å². The van der Waals surface area contributed by atoms with Gasteiger partial charge in [-0.25, -0.2) is 9.97 Å². The molecule has 0 N–H and O–H groups in total. The molecule has 0 saturated carbocycles. The molecule has 0 aliphatic heterocycles. The molecule has 0 aliphatic rings. The molecule has 14 aromatic rings. The maximum atomic E-state index is 5.74. The molecular weight excluding hydrogens is 1460 g/mol. The average molecular weight is 1590 g/mol. The summed E-state index contributed by atoms with van der Waals surface area (Å²) in [5.41, 5.74) is 3.60. The van der Waals surface area contributed by atoms with E-state index < -0.39 is 0 Å². The fourth-order valence-corrected chi connectivity index (χ4v) is 16.9. The van der Waals surface area contributed by atoms with Gasteiger partial charge in [0.1, 0.15) is 31.3 Å². The van der Waals surface area contributed by atoms with E-state index in [0.717, 1.165) is 39.8 Å². The van der Waals surface area contributed by atoms with Crippen molar-refractivity contribution in [3.05, 3.63) is 119 Å². The molecule has 0 atom stereocenters. The van der Waals surface area contributed by atoms with Crippen LogP contribution in [0.2, 0.25) is 0 Å². The van der Waals surface area contributed by atoms with E-state index >= 15 is 0 Å². The van der Waals surface area contributed by atoms with Crippen LogP contribution in [0, 0.1) is 0 Å². The number of aromatic nitrogens is 7. The molecule has 21 heteroatoms. The summed E-state index contributed by atoms with van der Waals surface area (Å²) in [5, 5.41) is 4.88. The van der Waals surface area contributed by atoms with Gasteiger partial charge in [-0.3, -0.25) is 0 Å². The van der Waals surface area contributed by atoms with Crippen LogP contribution in [0.1, 0.15) is 363 Å². The molecule has 14 rings (SSSR count). The number of oxazole rings is 5. The highest BCUT2D eigenvalue weighted by Gasteiger charge is 2.32. The van der Waals surface area contributed by atoms with Crippen molar-refractivity contribution in [2.45, 2.75) is 341 Å². The van der Waals surface area contributed by atoms with Gasteiger partial charge in [-0.1, -0.05) is 263 Å². The van der Waals surface area contributed by atoms with E-state index in [-0.39, 0.29) is 54.1 Å². The van der Waals surface area contributed by atoms with Crippen LogP contribution in [-0.4, -0.2) is 34.9 Å². The third kappa shape index (κ3) is 22.1. The van der Waals surface area contributed by atoms with Crippen LogP contribution < -0.4 is 0 Å². The van der Waals surface area contributed by atoms with E-state index in [0.29, 0.717) is 81.6 Å². The number of thiazole rings is 2. The first kappa shape index (κ1) is 87.4. The van der Waals surface area contributed by atoms with Crippen LogP contribution in [0.25, 0.3) is 73.8 Å². The average Bonchev–Trinajstić information content (AvgIpc) is 1.65. The second-order valence-corrected chi connectivity index (χ2v) is 46.8. The Balaban J connectivity index is 0.000000159. The number of hydrogen-bond donors (Lipinski definition) is 0. The second kappa shape index (κ2) is 31.7. The Morgan fingerprint density at radius 1 is 0.250 bits per heavy atom. The monoisotopic (exact) mass is 1590 g/mol.